The van der Waals surface area contributed by atoms with Crippen LogP contribution in [0.5, 0.6) is 0 Å². The van der Waals surface area contributed by atoms with Crippen LogP contribution >= 0.6 is 0 Å². The van der Waals surface area contributed by atoms with Crippen molar-refractivity contribution in [1.82, 2.24) is 4.57 Å². The summed E-state index contributed by atoms with van der Waals surface area (Å²) < 4.78 is 1.93. The third kappa shape index (κ3) is 2.47. The van der Waals surface area contributed by atoms with E-state index >= 15 is 0 Å². The summed E-state index contributed by atoms with van der Waals surface area (Å²) in [5.74, 6) is -0.875. The topological polar surface area (TPSA) is 45.5 Å². The Morgan fingerprint density at radius 1 is 1.21 bits per heavy atom. The van der Waals surface area contributed by atoms with Gasteiger partial charge in [-0.3, -0.25) is 0 Å². The molecular formula is C15H18N2O2. The standard InChI is InChI=1S/C15H18N2O2/c1-4-14-13(15(18)19)9-10-17(14)12-7-5-11(6-8-12)16(2)3/h5-10H,4H2,1-3H3,(H,18,19). The molecule has 19 heavy (non-hydrogen) atoms. The summed E-state index contributed by atoms with van der Waals surface area (Å²) in [6, 6.07) is 9.70. The summed E-state index contributed by atoms with van der Waals surface area (Å²) in [7, 11) is 3.98. The Morgan fingerprint density at radius 2 is 1.84 bits per heavy atom. The van der Waals surface area contributed by atoms with E-state index in [1.165, 1.54) is 0 Å². The maximum atomic E-state index is 11.1. The lowest BCUT2D eigenvalue weighted by Crippen LogP contribution is -2.09. The Balaban J connectivity index is 2.44. The molecule has 0 unspecified atom stereocenters. The van der Waals surface area contributed by atoms with Crippen molar-refractivity contribution < 1.29 is 9.90 Å². The number of hydrogen-bond acceptors (Lipinski definition) is 2. The summed E-state index contributed by atoms with van der Waals surface area (Å²) in [5.41, 5.74) is 3.30. The van der Waals surface area contributed by atoms with E-state index in [-0.39, 0.29) is 0 Å². The molecule has 1 heterocycles. The van der Waals surface area contributed by atoms with Crippen LogP contribution in [0.25, 0.3) is 5.69 Å². The van der Waals surface area contributed by atoms with Crippen molar-refractivity contribution in [3.8, 4) is 5.69 Å². The Hall–Kier alpha value is -2.23. The molecule has 1 aromatic carbocycles. The second-order valence-electron chi connectivity index (χ2n) is 4.62. The van der Waals surface area contributed by atoms with Gasteiger partial charge in [0.25, 0.3) is 0 Å². The zero-order valence-corrected chi connectivity index (χ0v) is 11.4. The third-order valence-corrected chi connectivity index (χ3v) is 3.20. The van der Waals surface area contributed by atoms with Crippen molar-refractivity contribution in [2.45, 2.75) is 13.3 Å². The molecule has 0 aliphatic rings. The molecule has 100 valence electrons. The van der Waals surface area contributed by atoms with Gasteiger partial charge in [0.15, 0.2) is 0 Å². The summed E-state index contributed by atoms with van der Waals surface area (Å²) in [6.07, 6.45) is 2.50. The van der Waals surface area contributed by atoms with E-state index in [2.05, 4.69) is 0 Å². The molecule has 1 N–H and O–H groups in total. The number of aromatic carboxylic acids is 1. The van der Waals surface area contributed by atoms with Crippen molar-refractivity contribution >= 4 is 11.7 Å². The number of nitrogens with zero attached hydrogens (tertiary/aromatic N) is 2. The molecule has 0 saturated carbocycles. The molecule has 0 bridgehead atoms. The highest BCUT2D eigenvalue weighted by Gasteiger charge is 2.14. The largest absolute Gasteiger partial charge is 0.478 e. The first-order valence-electron chi connectivity index (χ1n) is 6.26. The number of aromatic nitrogens is 1. The van der Waals surface area contributed by atoms with Crippen molar-refractivity contribution in [3.63, 3.8) is 0 Å². The normalized spacial score (nSPS) is 10.5. The SMILES string of the molecule is CCc1c(C(=O)O)ccn1-c1ccc(N(C)C)cc1. The van der Waals surface area contributed by atoms with Crippen molar-refractivity contribution in [2.24, 2.45) is 0 Å². The van der Waals surface area contributed by atoms with E-state index in [1.54, 1.807) is 6.07 Å². The van der Waals surface area contributed by atoms with Gasteiger partial charge in [0, 0.05) is 37.4 Å². The van der Waals surface area contributed by atoms with Gasteiger partial charge < -0.3 is 14.6 Å². The Morgan fingerprint density at radius 3 is 2.32 bits per heavy atom. The maximum Gasteiger partial charge on any atom is 0.337 e. The molecule has 2 rings (SSSR count). The van der Waals surface area contributed by atoms with Crippen LogP contribution in [0.1, 0.15) is 23.0 Å². The summed E-state index contributed by atoms with van der Waals surface area (Å²) in [4.78, 5) is 13.2. The van der Waals surface area contributed by atoms with Gasteiger partial charge in [-0.25, -0.2) is 4.79 Å². The highest BCUT2D eigenvalue weighted by Crippen LogP contribution is 2.20. The van der Waals surface area contributed by atoms with E-state index in [4.69, 9.17) is 5.11 Å². The van der Waals surface area contributed by atoms with Crippen LogP contribution in [0.15, 0.2) is 36.5 Å². The van der Waals surface area contributed by atoms with E-state index in [9.17, 15) is 4.79 Å². The van der Waals surface area contributed by atoms with Gasteiger partial charge in [0.2, 0.25) is 0 Å². The first-order valence-corrected chi connectivity index (χ1v) is 6.26. The van der Waals surface area contributed by atoms with Crippen molar-refractivity contribution in [2.75, 3.05) is 19.0 Å². The van der Waals surface area contributed by atoms with Crippen LogP contribution in [0.3, 0.4) is 0 Å². The van der Waals surface area contributed by atoms with Crippen LogP contribution in [-0.4, -0.2) is 29.7 Å². The number of carbonyl (C=O) groups is 1. The number of carboxylic acid groups (broad SMARTS) is 1. The lowest BCUT2D eigenvalue weighted by Gasteiger charge is -2.14. The van der Waals surface area contributed by atoms with Gasteiger partial charge in [-0.15, -0.1) is 0 Å². The zero-order valence-electron chi connectivity index (χ0n) is 11.4. The molecule has 0 radical (unpaired) electrons. The molecule has 0 amide bonds. The second kappa shape index (κ2) is 5.18. The summed E-state index contributed by atoms with van der Waals surface area (Å²) in [5, 5.41) is 9.15. The Bertz CT molecular complexity index is 583. The molecule has 0 spiro atoms. The summed E-state index contributed by atoms with van der Waals surface area (Å²) >= 11 is 0. The maximum absolute atomic E-state index is 11.1. The number of carboxylic acids is 1. The molecule has 0 fully saturated rings. The van der Waals surface area contributed by atoms with Crippen LogP contribution in [0.2, 0.25) is 0 Å². The average molecular weight is 258 g/mol. The van der Waals surface area contributed by atoms with Crippen molar-refractivity contribution in [3.05, 3.63) is 47.8 Å². The fourth-order valence-electron chi connectivity index (χ4n) is 2.17. The number of benzene rings is 1. The lowest BCUT2D eigenvalue weighted by molar-refractivity contribution is 0.0696. The van der Waals surface area contributed by atoms with Gasteiger partial charge in [-0.1, -0.05) is 6.92 Å². The molecule has 4 heteroatoms. The number of anilines is 1. The van der Waals surface area contributed by atoms with E-state index in [0.29, 0.717) is 12.0 Å². The molecule has 2 aromatic rings. The quantitative estimate of drug-likeness (QED) is 0.917. The zero-order chi connectivity index (χ0) is 14.0. The number of rotatable bonds is 4. The first-order chi connectivity index (χ1) is 9.04. The van der Waals surface area contributed by atoms with E-state index in [0.717, 1.165) is 17.1 Å². The van der Waals surface area contributed by atoms with Crippen LogP contribution in [0, 0.1) is 0 Å². The van der Waals surface area contributed by atoms with Crippen LogP contribution < -0.4 is 4.90 Å². The molecular weight excluding hydrogens is 240 g/mol. The Labute approximate surface area is 112 Å². The fourth-order valence-corrected chi connectivity index (χ4v) is 2.17. The molecule has 0 aliphatic carbocycles. The predicted octanol–water partition coefficient (Wildman–Crippen LogP) is 2.80. The molecule has 1 aromatic heterocycles. The van der Waals surface area contributed by atoms with E-state index in [1.807, 2.05) is 60.9 Å². The minimum absolute atomic E-state index is 0.374. The van der Waals surface area contributed by atoms with Gasteiger partial charge in [0.1, 0.15) is 0 Å². The van der Waals surface area contributed by atoms with Crippen LogP contribution in [0.4, 0.5) is 5.69 Å². The van der Waals surface area contributed by atoms with Gasteiger partial charge >= 0.3 is 5.97 Å². The third-order valence-electron chi connectivity index (χ3n) is 3.20. The molecule has 0 saturated heterocycles. The fraction of sp³-hybridized carbons (Fsp3) is 0.267. The Kier molecular flexibility index (Phi) is 3.60. The highest BCUT2D eigenvalue weighted by atomic mass is 16.4. The second-order valence-corrected chi connectivity index (χ2v) is 4.62. The molecule has 0 atom stereocenters. The average Bonchev–Trinajstić information content (AvgIpc) is 2.82. The monoisotopic (exact) mass is 258 g/mol. The minimum Gasteiger partial charge on any atom is -0.478 e. The summed E-state index contributed by atoms with van der Waals surface area (Å²) in [6.45, 7) is 1.96. The molecule has 0 aliphatic heterocycles. The van der Waals surface area contributed by atoms with Gasteiger partial charge in [0.05, 0.1) is 5.56 Å². The smallest absolute Gasteiger partial charge is 0.337 e. The highest BCUT2D eigenvalue weighted by molar-refractivity contribution is 5.89. The van der Waals surface area contributed by atoms with Crippen molar-refractivity contribution in [1.29, 1.82) is 0 Å². The van der Waals surface area contributed by atoms with E-state index < -0.39 is 5.97 Å². The minimum atomic E-state index is -0.875. The van der Waals surface area contributed by atoms with Gasteiger partial charge in [-0.2, -0.15) is 0 Å². The lowest BCUT2D eigenvalue weighted by atomic mass is 10.2. The first kappa shape index (κ1) is 13.2. The van der Waals surface area contributed by atoms with Crippen LogP contribution in [-0.2, 0) is 6.42 Å². The van der Waals surface area contributed by atoms with Gasteiger partial charge in [-0.05, 0) is 36.8 Å². The molecule has 4 nitrogen and oxygen atoms in total. The number of hydrogen-bond donors (Lipinski definition) is 1. The predicted molar refractivity (Wildman–Crippen MR) is 76.4 cm³/mol.